The summed E-state index contributed by atoms with van der Waals surface area (Å²) in [6.07, 6.45) is 1.13. The van der Waals surface area contributed by atoms with Gasteiger partial charge in [-0.05, 0) is 44.2 Å². The number of rotatable bonds is 7. The highest BCUT2D eigenvalue weighted by Gasteiger charge is 2.03. The summed E-state index contributed by atoms with van der Waals surface area (Å²) in [5, 5.41) is 3.38. The summed E-state index contributed by atoms with van der Waals surface area (Å²) >= 11 is 0. The maximum atomic E-state index is 3.38. The molecule has 0 aliphatic rings. The van der Waals surface area contributed by atoms with Gasteiger partial charge in [-0.1, -0.05) is 38.1 Å². The maximum Gasteiger partial charge on any atom is 0.0233 e. The predicted octanol–water partition coefficient (Wildman–Crippen LogP) is 2.29. The third-order valence-corrected chi connectivity index (χ3v) is 2.92. The van der Waals surface area contributed by atoms with Crippen molar-refractivity contribution >= 4 is 0 Å². The van der Waals surface area contributed by atoms with Gasteiger partial charge in [-0.2, -0.15) is 0 Å². The van der Waals surface area contributed by atoms with E-state index in [1.54, 1.807) is 0 Å². The molecule has 0 fully saturated rings. The monoisotopic (exact) mass is 220 g/mol. The topological polar surface area (TPSA) is 15.3 Å². The number of nitrogens with zero attached hydrogens (tertiary/aromatic N) is 1. The van der Waals surface area contributed by atoms with E-state index in [1.807, 2.05) is 0 Å². The molecule has 0 unspecified atom stereocenters. The Kier molecular flexibility index (Phi) is 6.12. The maximum absolute atomic E-state index is 3.38. The van der Waals surface area contributed by atoms with E-state index < -0.39 is 0 Å². The number of hydrogen-bond donors (Lipinski definition) is 1. The number of likely N-dealkylation sites (N-methyl/N-ethyl adjacent to an activating group) is 1. The average molecular weight is 220 g/mol. The highest BCUT2D eigenvalue weighted by Crippen LogP contribution is 2.11. The third kappa shape index (κ3) is 4.33. The molecule has 1 aromatic rings. The van der Waals surface area contributed by atoms with Crippen LogP contribution in [0.5, 0.6) is 0 Å². The molecule has 0 radical (unpaired) electrons. The van der Waals surface area contributed by atoms with Crippen molar-refractivity contribution in [2.24, 2.45) is 0 Å². The van der Waals surface area contributed by atoms with Crippen molar-refractivity contribution in [2.75, 3.05) is 26.7 Å². The van der Waals surface area contributed by atoms with Crippen molar-refractivity contribution in [2.45, 2.75) is 26.8 Å². The van der Waals surface area contributed by atoms with Crippen molar-refractivity contribution in [3.05, 3.63) is 35.4 Å². The summed E-state index contributed by atoms with van der Waals surface area (Å²) < 4.78 is 0. The molecular weight excluding hydrogens is 196 g/mol. The summed E-state index contributed by atoms with van der Waals surface area (Å²) in [5.41, 5.74) is 2.94. The van der Waals surface area contributed by atoms with Crippen LogP contribution in [0.4, 0.5) is 0 Å². The lowest BCUT2D eigenvalue weighted by molar-refractivity contribution is 0.344. The number of hydrogen-bond acceptors (Lipinski definition) is 2. The Labute approximate surface area is 99.7 Å². The fraction of sp³-hybridized carbons (Fsp3) is 0.571. The van der Waals surface area contributed by atoms with Gasteiger partial charge in [0, 0.05) is 6.54 Å². The second kappa shape index (κ2) is 7.42. The van der Waals surface area contributed by atoms with Crippen LogP contribution in [-0.4, -0.2) is 31.6 Å². The first kappa shape index (κ1) is 13.2. The van der Waals surface area contributed by atoms with Crippen LogP contribution in [0.2, 0.25) is 0 Å². The minimum Gasteiger partial charge on any atom is -0.317 e. The Hall–Kier alpha value is -0.860. The van der Waals surface area contributed by atoms with Gasteiger partial charge < -0.3 is 10.2 Å². The summed E-state index contributed by atoms with van der Waals surface area (Å²) in [7, 11) is 2.17. The molecule has 1 rings (SSSR count). The van der Waals surface area contributed by atoms with Gasteiger partial charge in [0.1, 0.15) is 0 Å². The zero-order chi connectivity index (χ0) is 11.8. The Bertz CT molecular complexity index is 297. The van der Waals surface area contributed by atoms with Gasteiger partial charge in [0.2, 0.25) is 0 Å². The quantitative estimate of drug-likeness (QED) is 0.709. The minimum absolute atomic E-state index is 1.05. The summed E-state index contributed by atoms with van der Waals surface area (Å²) in [6.45, 7) is 8.62. The Morgan fingerprint density at radius 1 is 1.12 bits per heavy atom. The molecule has 0 heterocycles. The van der Waals surface area contributed by atoms with Gasteiger partial charge in [0.15, 0.2) is 0 Å². The van der Waals surface area contributed by atoms with Crippen LogP contribution in [0.15, 0.2) is 24.3 Å². The molecule has 0 atom stereocenters. The molecule has 0 spiro atoms. The molecule has 2 heteroatoms. The van der Waals surface area contributed by atoms with E-state index in [4.69, 9.17) is 0 Å². The molecule has 2 nitrogen and oxygen atoms in total. The van der Waals surface area contributed by atoms with Crippen molar-refractivity contribution in [3.63, 3.8) is 0 Å². The first-order valence-corrected chi connectivity index (χ1v) is 6.24. The number of nitrogens with one attached hydrogen (secondary N) is 1. The van der Waals surface area contributed by atoms with Gasteiger partial charge in [-0.15, -0.1) is 0 Å². The predicted molar refractivity (Wildman–Crippen MR) is 70.7 cm³/mol. The zero-order valence-electron chi connectivity index (χ0n) is 10.8. The first-order chi connectivity index (χ1) is 7.77. The lowest BCUT2D eigenvalue weighted by Crippen LogP contribution is -2.20. The molecule has 0 saturated carbocycles. The van der Waals surface area contributed by atoms with Crippen LogP contribution in [0, 0.1) is 0 Å². The smallest absolute Gasteiger partial charge is 0.0233 e. The largest absolute Gasteiger partial charge is 0.317 e. The molecule has 1 N–H and O–H groups in total. The Morgan fingerprint density at radius 3 is 2.44 bits per heavy atom. The molecular formula is C14H24N2. The standard InChI is InChI=1S/C14H24N2/c1-4-15-11-10-13-8-6-7-9-14(13)12-16(3)5-2/h6-9,15H,4-5,10-12H2,1-3H3. The summed E-state index contributed by atoms with van der Waals surface area (Å²) in [4.78, 5) is 2.34. The molecule has 0 bridgehead atoms. The van der Waals surface area contributed by atoms with Gasteiger partial charge in [-0.3, -0.25) is 0 Å². The van der Waals surface area contributed by atoms with Crippen molar-refractivity contribution in [1.82, 2.24) is 10.2 Å². The van der Waals surface area contributed by atoms with Crippen LogP contribution >= 0.6 is 0 Å². The molecule has 1 aromatic carbocycles. The lowest BCUT2D eigenvalue weighted by atomic mass is 10.0. The van der Waals surface area contributed by atoms with Crippen molar-refractivity contribution < 1.29 is 0 Å². The van der Waals surface area contributed by atoms with Gasteiger partial charge in [0.05, 0.1) is 0 Å². The van der Waals surface area contributed by atoms with E-state index in [0.717, 1.165) is 32.6 Å². The molecule has 0 aliphatic heterocycles. The van der Waals surface area contributed by atoms with Crippen molar-refractivity contribution in [3.8, 4) is 0 Å². The SMILES string of the molecule is CCNCCc1ccccc1CN(C)CC. The summed E-state index contributed by atoms with van der Waals surface area (Å²) in [5.74, 6) is 0. The van der Waals surface area contributed by atoms with E-state index in [9.17, 15) is 0 Å². The first-order valence-electron chi connectivity index (χ1n) is 6.24. The number of benzene rings is 1. The zero-order valence-corrected chi connectivity index (χ0v) is 10.8. The fourth-order valence-corrected chi connectivity index (χ4v) is 1.76. The minimum atomic E-state index is 1.05. The van der Waals surface area contributed by atoms with Gasteiger partial charge >= 0.3 is 0 Å². The highest BCUT2D eigenvalue weighted by atomic mass is 15.1. The van der Waals surface area contributed by atoms with E-state index >= 15 is 0 Å². The van der Waals surface area contributed by atoms with Crippen molar-refractivity contribution in [1.29, 1.82) is 0 Å². The lowest BCUT2D eigenvalue weighted by Gasteiger charge is -2.17. The molecule has 0 saturated heterocycles. The second-order valence-electron chi connectivity index (χ2n) is 4.20. The van der Waals surface area contributed by atoms with E-state index in [-0.39, 0.29) is 0 Å². The van der Waals surface area contributed by atoms with E-state index in [2.05, 4.69) is 55.4 Å². The highest BCUT2D eigenvalue weighted by molar-refractivity contribution is 5.27. The molecule has 90 valence electrons. The van der Waals surface area contributed by atoms with Crippen LogP contribution in [-0.2, 0) is 13.0 Å². The average Bonchev–Trinajstić information content (AvgIpc) is 2.31. The summed E-state index contributed by atoms with van der Waals surface area (Å²) in [6, 6.07) is 8.76. The molecule has 0 amide bonds. The van der Waals surface area contributed by atoms with Crippen LogP contribution in [0.3, 0.4) is 0 Å². The Balaban J connectivity index is 2.60. The van der Waals surface area contributed by atoms with Crippen LogP contribution < -0.4 is 5.32 Å². The Morgan fingerprint density at radius 2 is 1.81 bits per heavy atom. The van der Waals surface area contributed by atoms with Gasteiger partial charge in [0.25, 0.3) is 0 Å². The normalized spacial score (nSPS) is 11.0. The van der Waals surface area contributed by atoms with Gasteiger partial charge in [-0.25, -0.2) is 0 Å². The van der Waals surface area contributed by atoms with E-state index in [0.29, 0.717) is 0 Å². The van der Waals surface area contributed by atoms with Crippen LogP contribution in [0.1, 0.15) is 25.0 Å². The molecule has 0 aromatic heterocycles. The molecule has 0 aliphatic carbocycles. The van der Waals surface area contributed by atoms with Crippen LogP contribution in [0.25, 0.3) is 0 Å². The molecule has 16 heavy (non-hydrogen) atoms. The fourth-order valence-electron chi connectivity index (χ4n) is 1.76. The third-order valence-electron chi connectivity index (χ3n) is 2.92. The second-order valence-corrected chi connectivity index (χ2v) is 4.20. The van der Waals surface area contributed by atoms with E-state index in [1.165, 1.54) is 11.1 Å².